The Bertz CT molecular complexity index is 569. The summed E-state index contributed by atoms with van der Waals surface area (Å²) < 4.78 is -0.0999. The standard InChI is InChI=1S/C15H10Br4O/c16-14(17)11-7-3-1-5-9(11)13(20)10-6-2-4-8-12(10)15(18)19/h1-8,14-15H. The quantitative estimate of drug-likeness (QED) is 0.329. The van der Waals surface area contributed by atoms with Crippen LogP contribution in [0, 0.1) is 0 Å². The van der Waals surface area contributed by atoms with Gasteiger partial charge in [0.15, 0.2) is 5.78 Å². The summed E-state index contributed by atoms with van der Waals surface area (Å²) in [7, 11) is 0. The summed E-state index contributed by atoms with van der Waals surface area (Å²) in [6.07, 6.45) is 0. The molecule has 20 heavy (non-hydrogen) atoms. The van der Waals surface area contributed by atoms with E-state index < -0.39 is 0 Å². The molecule has 0 saturated carbocycles. The molecule has 0 heterocycles. The van der Waals surface area contributed by atoms with Crippen molar-refractivity contribution in [3.05, 3.63) is 70.8 Å². The summed E-state index contributed by atoms with van der Waals surface area (Å²) in [4.78, 5) is 12.8. The van der Waals surface area contributed by atoms with Gasteiger partial charge in [-0.2, -0.15) is 0 Å². The Morgan fingerprint density at radius 2 is 1.05 bits per heavy atom. The molecule has 0 spiro atoms. The summed E-state index contributed by atoms with van der Waals surface area (Å²) in [5.74, 6) is 0.0176. The second-order valence-electron chi connectivity index (χ2n) is 4.11. The molecule has 0 aliphatic rings. The maximum Gasteiger partial charge on any atom is 0.193 e. The van der Waals surface area contributed by atoms with Gasteiger partial charge in [-0.25, -0.2) is 0 Å². The van der Waals surface area contributed by atoms with E-state index in [0.29, 0.717) is 11.1 Å². The van der Waals surface area contributed by atoms with Gasteiger partial charge >= 0.3 is 0 Å². The lowest BCUT2D eigenvalue weighted by Gasteiger charge is -2.13. The molecule has 2 rings (SSSR count). The lowest BCUT2D eigenvalue weighted by atomic mass is 9.96. The van der Waals surface area contributed by atoms with Crippen molar-refractivity contribution in [3.8, 4) is 0 Å². The summed E-state index contributed by atoms with van der Waals surface area (Å²) >= 11 is 13.9. The Labute approximate surface area is 151 Å². The van der Waals surface area contributed by atoms with Crippen LogP contribution in [-0.2, 0) is 0 Å². The average Bonchev–Trinajstić information content (AvgIpc) is 2.46. The van der Waals surface area contributed by atoms with Crippen LogP contribution in [0.3, 0.4) is 0 Å². The van der Waals surface area contributed by atoms with Crippen LogP contribution in [0.5, 0.6) is 0 Å². The Hall–Kier alpha value is 0.0300. The average molecular weight is 526 g/mol. The van der Waals surface area contributed by atoms with Crippen LogP contribution in [0.25, 0.3) is 0 Å². The lowest BCUT2D eigenvalue weighted by molar-refractivity contribution is 0.103. The van der Waals surface area contributed by atoms with E-state index in [1.807, 2.05) is 48.5 Å². The van der Waals surface area contributed by atoms with Gasteiger partial charge in [0, 0.05) is 11.1 Å². The molecule has 0 unspecified atom stereocenters. The fourth-order valence-corrected chi connectivity index (χ4v) is 3.53. The van der Waals surface area contributed by atoms with Crippen molar-refractivity contribution in [2.45, 2.75) is 7.47 Å². The highest BCUT2D eigenvalue weighted by molar-refractivity contribution is 9.24. The highest BCUT2D eigenvalue weighted by Gasteiger charge is 2.20. The molecule has 1 nitrogen and oxygen atoms in total. The first kappa shape index (κ1) is 16.4. The molecule has 0 aliphatic carbocycles. The third-order valence-corrected chi connectivity index (χ3v) is 4.85. The number of ketones is 1. The van der Waals surface area contributed by atoms with Crippen molar-refractivity contribution in [1.82, 2.24) is 0 Å². The van der Waals surface area contributed by atoms with E-state index in [1.54, 1.807) is 0 Å². The van der Waals surface area contributed by atoms with Gasteiger partial charge in [0.25, 0.3) is 0 Å². The van der Waals surface area contributed by atoms with E-state index in [9.17, 15) is 4.79 Å². The molecule has 0 radical (unpaired) electrons. The molecule has 104 valence electrons. The minimum atomic E-state index is -0.0500. The van der Waals surface area contributed by atoms with Gasteiger partial charge in [0.1, 0.15) is 0 Å². The third kappa shape index (κ3) is 3.62. The molecule has 0 N–H and O–H groups in total. The molecule has 0 atom stereocenters. The van der Waals surface area contributed by atoms with E-state index in [-0.39, 0.29) is 13.3 Å². The topological polar surface area (TPSA) is 17.1 Å². The van der Waals surface area contributed by atoms with Crippen molar-refractivity contribution in [2.24, 2.45) is 0 Å². The van der Waals surface area contributed by atoms with E-state index in [1.165, 1.54) is 0 Å². The predicted molar refractivity (Wildman–Crippen MR) is 97.5 cm³/mol. The molecular weight excluding hydrogens is 516 g/mol. The Morgan fingerprint density at radius 1 is 0.700 bits per heavy atom. The van der Waals surface area contributed by atoms with Gasteiger partial charge < -0.3 is 0 Å². The molecule has 2 aromatic carbocycles. The summed E-state index contributed by atoms with van der Waals surface area (Å²) in [6, 6.07) is 15.2. The van der Waals surface area contributed by atoms with Crippen molar-refractivity contribution < 1.29 is 4.79 Å². The number of carbonyl (C=O) groups excluding carboxylic acids is 1. The number of rotatable bonds is 4. The first-order valence-electron chi connectivity index (χ1n) is 5.81. The molecule has 0 fully saturated rings. The number of carbonyl (C=O) groups is 1. The highest BCUT2D eigenvalue weighted by atomic mass is 79.9. The van der Waals surface area contributed by atoms with E-state index in [4.69, 9.17) is 0 Å². The van der Waals surface area contributed by atoms with Gasteiger partial charge in [-0.15, -0.1) is 0 Å². The summed E-state index contributed by atoms with van der Waals surface area (Å²) in [6.45, 7) is 0. The highest BCUT2D eigenvalue weighted by Crippen LogP contribution is 2.35. The first-order chi connectivity index (χ1) is 9.52. The van der Waals surface area contributed by atoms with Gasteiger partial charge in [0.2, 0.25) is 0 Å². The zero-order valence-electron chi connectivity index (χ0n) is 10.2. The number of benzene rings is 2. The molecule has 5 heteroatoms. The third-order valence-electron chi connectivity index (χ3n) is 2.88. The number of alkyl halides is 4. The van der Waals surface area contributed by atoms with Crippen LogP contribution in [0.4, 0.5) is 0 Å². The van der Waals surface area contributed by atoms with Crippen molar-refractivity contribution >= 4 is 69.5 Å². The van der Waals surface area contributed by atoms with Gasteiger partial charge in [0.05, 0.1) is 7.47 Å². The number of hydrogen-bond donors (Lipinski definition) is 0. The van der Waals surface area contributed by atoms with Crippen LogP contribution in [0.15, 0.2) is 48.5 Å². The van der Waals surface area contributed by atoms with E-state index in [0.717, 1.165) is 11.1 Å². The Balaban J connectivity index is 2.53. The molecule has 0 aliphatic heterocycles. The second-order valence-corrected chi connectivity index (χ2v) is 10.2. The van der Waals surface area contributed by atoms with Crippen LogP contribution in [-0.4, -0.2) is 5.78 Å². The number of halogens is 4. The van der Waals surface area contributed by atoms with Crippen LogP contribution < -0.4 is 0 Å². The first-order valence-corrected chi connectivity index (χ1v) is 9.47. The zero-order chi connectivity index (χ0) is 14.7. The van der Waals surface area contributed by atoms with Crippen molar-refractivity contribution in [1.29, 1.82) is 0 Å². The molecule has 2 aromatic rings. The second kappa shape index (κ2) is 7.34. The van der Waals surface area contributed by atoms with E-state index in [2.05, 4.69) is 63.7 Å². The normalized spacial score (nSPS) is 11.1. The molecule has 0 aromatic heterocycles. The van der Waals surface area contributed by atoms with Crippen LogP contribution >= 0.6 is 63.7 Å². The van der Waals surface area contributed by atoms with Crippen molar-refractivity contribution in [2.75, 3.05) is 0 Å². The predicted octanol–water partition coefficient (Wildman–Crippen LogP) is 6.49. The lowest BCUT2D eigenvalue weighted by Crippen LogP contribution is -2.08. The fraction of sp³-hybridized carbons (Fsp3) is 0.133. The van der Waals surface area contributed by atoms with Gasteiger partial charge in [-0.3, -0.25) is 4.79 Å². The largest absolute Gasteiger partial charge is 0.289 e. The maximum absolute atomic E-state index is 12.8. The molecular formula is C15H10Br4O. The Morgan fingerprint density at radius 3 is 1.40 bits per heavy atom. The van der Waals surface area contributed by atoms with Crippen LogP contribution in [0.1, 0.15) is 34.5 Å². The van der Waals surface area contributed by atoms with Gasteiger partial charge in [-0.05, 0) is 11.1 Å². The maximum atomic E-state index is 12.8. The monoisotopic (exact) mass is 522 g/mol. The van der Waals surface area contributed by atoms with Gasteiger partial charge in [-0.1, -0.05) is 112 Å². The molecule has 0 saturated heterocycles. The minimum Gasteiger partial charge on any atom is -0.289 e. The summed E-state index contributed by atoms with van der Waals surface area (Å²) in [5.41, 5.74) is 3.24. The SMILES string of the molecule is O=C(c1ccccc1C(Br)Br)c1ccccc1C(Br)Br. The molecule has 0 amide bonds. The van der Waals surface area contributed by atoms with Crippen molar-refractivity contribution in [3.63, 3.8) is 0 Å². The van der Waals surface area contributed by atoms with Crippen LogP contribution in [0.2, 0.25) is 0 Å². The van der Waals surface area contributed by atoms with E-state index >= 15 is 0 Å². The smallest absolute Gasteiger partial charge is 0.193 e. The fourth-order valence-electron chi connectivity index (χ4n) is 1.93. The summed E-state index contributed by atoms with van der Waals surface area (Å²) in [5, 5.41) is 0. The zero-order valence-corrected chi connectivity index (χ0v) is 16.5. The minimum absolute atomic E-state index is 0.0176. The number of hydrogen-bond acceptors (Lipinski definition) is 1. The Kier molecular flexibility index (Phi) is 6.02. The molecule has 0 bridgehead atoms.